The maximum absolute atomic E-state index is 10.2. The van der Waals surface area contributed by atoms with E-state index in [1.54, 1.807) is 0 Å². The monoisotopic (exact) mass is 176 g/mol. The van der Waals surface area contributed by atoms with E-state index in [4.69, 9.17) is 15.3 Å². The maximum atomic E-state index is 10.2. The molecule has 0 unspecified atom stereocenters. The van der Waals surface area contributed by atoms with Crippen molar-refractivity contribution in [1.82, 2.24) is 0 Å². The molecule has 0 bridgehead atoms. The molecule has 0 spiro atoms. The highest BCUT2D eigenvalue weighted by Crippen LogP contribution is 2.12. The zero-order valence-corrected chi connectivity index (χ0v) is 6.56. The predicted molar refractivity (Wildman–Crippen MR) is 39.7 cm³/mol. The predicted octanol–water partition coefficient (Wildman–Crippen LogP) is -0.0656. The fourth-order valence-corrected chi connectivity index (χ4v) is 0.953. The Hall–Kier alpha value is -1.10. The molecule has 0 aliphatic rings. The zero-order valence-electron chi connectivity index (χ0n) is 6.56. The molecule has 3 N–H and O–H groups in total. The smallest absolute Gasteiger partial charge is 0.303 e. The van der Waals surface area contributed by atoms with Crippen LogP contribution in [0.5, 0.6) is 0 Å². The van der Waals surface area contributed by atoms with Gasteiger partial charge < -0.3 is 15.3 Å². The van der Waals surface area contributed by atoms with Gasteiger partial charge in [-0.15, -0.1) is 0 Å². The quantitative estimate of drug-likeness (QED) is 0.526. The number of carboxylic acids is 2. The zero-order chi connectivity index (χ0) is 9.56. The molecule has 5 nitrogen and oxygen atoms in total. The standard InChI is InChI=1S/C7H12O5/c8-2-1-5(3-6(9)10)4-7(11)12/h5,8H,1-4H2,(H,9,10)(H,11,12). The summed E-state index contributed by atoms with van der Waals surface area (Å²) in [5, 5.41) is 25.2. The number of carbonyl (C=O) groups is 2. The number of hydrogen-bond donors (Lipinski definition) is 3. The Bertz CT molecular complexity index is 149. The lowest BCUT2D eigenvalue weighted by molar-refractivity contribution is -0.140. The molecule has 0 rings (SSSR count). The average Bonchev–Trinajstić information content (AvgIpc) is 1.84. The molecule has 12 heavy (non-hydrogen) atoms. The van der Waals surface area contributed by atoms with Crippen LogP contribution in [-0.2, 0) is 9.59 Å². The van der Waals surface area contributed by atoms with Gasteiger partial charge in [0.15, 0.2) is 0 Å². The molecule has 0 aromatic carbocycles. The number of aliphatic hydroxyl groups excluding tert-OH is 1. The van der Waals surface area contributed by atoms with Crippen molar-refractivity contribution in [3.8, 4) is 0 Å². The molecule has 0 amide bonds. The molecule has 0 radical (unpaired) electrons. The van der Waals surface area contributed by atoms with Crippen molar-refractivity contribution >= 4 is 11.9 Å². The third kappa shape index (κ3) is 5.67. The van der Waals surface area contributed by atoms with Crippen LogP contribution in [0.25, 0.3) is 0 Å². The van der Waals surface area contributed by atoms with Crippen molar-refractivity contribution in [3.63, 3.8) is 0 Å². The summed E-state index contributed by atoms with van der Waals surface area (Å²) in [5.74, 6) is -2.53. The number of rotatable bonds is 6. The van der Waals surface area contributed by atoms with E-state index < -0.39 is 17.9 Å². The molecule has 70 valence electrons. The molecule has 0 saturated heterocycles. The normalized spacial score (nSPS) is 10.2. The molecular weight excluding hydrogens is 164 g/mol. The molecule has 0 fully saturated rings. The highest BCUT2D eigenvalue weighted by atomic mass is 16.4. The van der Waals surface area contributed by atoms with Crippen LogP contribution in [0.4, 0.5) is 0 Å². The van der Waals surface area contributed by atoms with Crippen molar-refractivity contribution in [2.24, 2.45) is 5.92 Å². The Kier molecular flexibility index (Phi) is 5.03. The van der Waals surface area contributed by atoms with E-state index in [9.17, 15) is 9.59 Å². The van der Waals surface area contributed by atoms with E-state index in [1.807, 2.05) is 0 Å². The Morgan fingerprint density at radius 2 is 1.50 bits per heavy atom. The van der Waals surface area contributed by atoms with Crippen LogP contribution in [-0.4, -0.2) is 33.9 Å². The van der Waals surface area contributed by atoms with E-state index in [0.717, 1.165) is 0 Å². The molecule has 0 heterocycles. The van der Waals surface area contributed by atoms with Gasteiger partial charge in [0.05, 0.1) is 0 Å². The van der Waals surface area contributed by atoms with Crippen LogP contribution < -0.4 is 0 Å². The molecular formula is C7H12O5. The second-order valence-electron chi connectivity index (χ2n) is 2.57. The number of carboxylic acid groups (broad SMARTS) is 2. The fourth-order valence-electron chi connectivity index (χ4n) is 0.953. The summed E-state index contributed by atoms with van der Waals surface area (Å²) >= 11 is 0. The first kappa shape index (κ1) is 10.9. The molecule has 0 aromatic rings. The summed E-state index contributed by atoms with van der Waals surface area (Å²) in [5.41, 5.74) is 0. The van der Waals surface area contributed by atoms with Gasteiger partial charge in [-0.05, 0) is 12.3 Å². The Labute approximate surface area is 69.6 Å². The Morgan fingerprint density at radius 1 is 1.08 bits per heavy atom. The second-order valence-corrected chi connectivity index (χ2v) is 2.57. The fraction of sp³-hybridized carbons (Fsp3) is 0.714. The van der Waals surface area contributed by atoms with Gasteiger partial charge in [-0.2, -0.15) is 0 Å². The van der Waals surface area contributed by atoms with Gasteiger partial charge in [0.1, 0.15) is 0 Å². The first-order chi connectivity index (χ1) is 5.56. The number of hydrogen-bond acceptors (Lipinski definition) is 3. The summed E-state index contributed by atoms with van der Waals surface area (Å²) in [6.45, 7) is -0.175. The number of aliphatic hydroxyl groups is 1. The summed E-state index contributed by atoms with van der Waals surface area (Å²) in [6.07, 6.45) is -0.182. The van der Waals surface area contributed by atoms with Gasteiger partial charge in [-0.25, -0.2) is 0 Å². The average molecular weight is 176 g/mol. The second kappa shape index (κ2) is 5.54. The maximum Gasteiger partial charge on any atom is 0.303 e. The summed E-state index contributed by atoms with van der Waals surface area (Å²) < 4.78 is 0. The van der Waals surface area contributed by atoms with Crippen LogP contribution in [0.15, 0.2) is 0 Å². The lowest BCUT2D eigenvalue weighted by Crippen LogP contribution is -2.13. The van der Waals surface area contributed by atoms with Crippen molar-refractivity contribution in [1.29, 1.82) is 0 Å². The van der Waals surface area contributed by atoms with E-state index in [0.29, 0.717) is 0 Å². The SMILES string of the molecule is O=C(O)CC(CCO)CC(=O)O. The topological polar surface area (TPSA) is 94.8 Å². The van der Waals surface area contributed by atoms with Crippen LogP contribution in [0.1, 0.15) is 19.3 Å². The summed E-state index contributed by atoms with van der Waals surface area (Å²) in [7, 11) is 0. The molecule has 5 heteroatoms. The van der Waals surface area contributed by atoms with E-state index in [-0.39, 0.29) is 25.9 Å². The third-order valence-electron chi connectivity index (χ3n) is 1.46. The van der Waals surface area contributed by atoms with E-state index >= 15 is 0 Å². The highest BCUT2D eigenvalue weighted by molar-refractivity contribution is 5.70. The first-order valence-corrected chi connectivity index (χ1v) is 3.60. The largest absolute Gasteiger partial charge is 0.481 e. The highest BCUT2D eigenvalue weighted by Gasteiger charge is 2.15. The van der Waals surface area contributed by atoms with Crippen molar-refractivity contribution in [3.05, 3.63) is 0 Å². The molecule has 0 saturated carbocycles. The lowest BCUT2D eigenvalue weighted by atomic mass is 9.98. The first-order valence-electron chi connectivity index (χ1n) is 3.60. The molecule has 0 aromatic heterocycles. The van der Waals surface area contributed by atoms with Crippen molar-refractivity contribution in [2.75, 3.05) is 6.61 Å². The Balaban J connectivity index is 3.85. The van der Waals surface area contributed by atoms with Crippen LogP contribution in [0, 0.1) is 5.92 Å². The minimum absolute atomic E-state index is 0.175. The van der Waals surface area contributed by atoms with Gasteiger partial charge in [0.2, 0.25) is 0 Å². The summed E-state index contributed by atoms with van der Waals surface area (Å²) in [6, 6.07) is 0. The molecule has 0 aliphatic heterocycles. The van der Waals surface area contributed by atoms with Gasteiger partial charge >= 0.3 is 11.9 Å². The number of aliphatic carboxylic acids is 2. The van der Waals surface area contributed by atoms with Crippen molar-refractivity contribution < 1.29 is 24.9 Å². The molecule has 0 atom stereocenters. The third-order valence-corrected chi connectivity index (χ3v) is 1.46. The van der Waals surface area contributed by atoms with Crippen LogP contribution in [0.2, 0.25) is 0 Å². The van der Waals surface area contributed by atoms with E-state index in [1.165, 1.54) is 0 Å². The van der Waals surface area contributed by atoms with Crippen LogP contribution >= 0.6 is 0 Å². The van der Waals surface area contributed by atoms with Gasteiger partial charge in [0, 0.05) is 19.4 Å². The van der Waals surface area contributed by atoms with Crippen LogP contribution in [0.3, 0.4) is 0 Å². The van der Waals surface area contributed by atoms with Crippen molar-refractivity contribution in [2.45, 2.75) is 19.3 Å². The molecule has 0 aliphatic carbocycles. The minimum atomic E-state index is -1.03. The van der Waals surface area contributed by atoms with Gasteiger partial charge in [0.25, 0.3) is 0 Å². The van der Waals surface area contributed by atoms with Gasteiger partial charge in [-0.1, -0.05) is 0 Å². The van der Waals surface area contributed by atoms with E-state index in [2.05, 4.69) is 0 Å². The summed E-state index contributed by atoms with van der Waals surface area (Å²) in [4.78, 5) is 20.4. The van der Waals surface area contributed by atoms with Gasteiger partial charge in [-0.3, -0.25) is 9.59 Å². The minimum Gasteiger partial charge on any atom is -0.481 e. The Morgan fingerprint density at radius 3 is 1.75 bits per heavy atom. The lowest BCUT2D eigenvalue weighted by Gasteiger charge is -2.09.